The predicted molar refractivity (Wildman–Crippen MR) is 61.9 cm³/mol. The van der Waals surface area contributed by atoms with E-state index in [-0.39, 0.29) is 6.17 Å². The zero-order valence-electron chi connectivity index (χ0n) is 8.13. The van der Waals surface area contributed by atoms with Crippen LogP contribution in [-0.2, 0) is 0 Å². The van der Waals surface area contributed by atoms with E-state index in [2.05, 4.69) is 61.5 Å². The molecule has 3 rings (SSSR count). The van der Waals surface area contributed by atoms with E-state index in [4.69, 9.17) is 0 Å². The van der Waals surface area contributed by atoms with Gasteiger partial charge in [0.15, 0.2) is 0 Å². The van der Waals surface area contributed by atoms with Crippen LogP contribution in [0.5, 0.6) is 0 Å². The molecule has 0 aliphatic carbocycles. The highest BCUT2D eigenvalue weighted by atomic mass is 79.9. The van der Waals surface area contributed by atoms with Crippen molar-refractivity contribution in [1.29, 1.82) is 0 Å². The molecule has 4 N–H and O–H groups in total. The Morgan fingerprint density at radius 1 is 1.00 bits per heavy atom. The van der Waals surface area contributed by atoms with Crippen molar-refractivity contribution in [2.45, 2.75) is 18.5 Å². The normalized spacial score (nSPS) is 34.3. The fourth-order valence-electron chi connectivity index (χ4n) is 2.08. The van der Waals surface area contributed by atoms with Crippen LogP contribution < -0.4 is 21.3 Å². The van der Waals surface area contributed by atoms with Crippen molar-refractivity contribution in [3.63, 3.8) is 0 Å². The average molecular weight is 269 g/mol. The van der Waals surface area contributed by atoms with Gasteiger partial charge in [0, 0.05) is 11.1 Å². The van der Waals surface area contributed by atoms with Crippen molar-refractivity contribution in [3.05, 3.63) is 34.3 Å². The third kappa shape index (κ3) is 1.81. The molecule has 80 valence electrons. The molecule has 2 saturated heterocycles. The van der Waals surface area contributed by atoms with Gasteiger partial charge < -0.3 is 0 Å². The zero-order valence-corrected chi connectivity index (χ0v) is 9.71. The summed E-state index contributed by atoms with van der Waals surface area (Å²) in [6, 6.07) is 8.37. The van der Waals surface area contributed by atoms with Gasteiger partial charge in [-0.05, 0) is 17.7 Å². The maximum absolute atomic E-state index is 3.49. The van der Waals surface area contributed by atoms with Crippen LogP contribution >= 0.6 is 15.9 Å². The minimum Gasteiger partial charge on any atom is -0.287 e. The average Bonchev–Trinajstić information content (AvgIpc) is 2.78. The molecule has 2 fully saturated rings. The van der Waals surface area contributed by atoms with Gasteiger partial charge in [-0.2, -0.15) is 0 Å². The number of hydrogen-bond donors (Lipinski definition) is 4. The summed E-state index contributed by atoms with van der Waals surface area (Å²) in [6.45, 7) is 0.863. The topological polar surface area (TPSA) is 48.1 Å². The first-order valence-corrected chi connectivity index (χ1v) is 5.86. The van der Waals surface area contributed by atoms with Crippen LogP contribution in [0, 0.1) is 0 Å². The molecule has 2 atom stereocenters. The molecule has 0 saturated carbocycles. The SMILES string of the molecule is Brc1ccc(C2NC3NCNC3N2)cc1. The number of benzene rings is 1. The zero-order chi connectivity index (χ0) is 10.3. The monoisotopic (exact) mass is 268 g/mol. The molecule has 0 bridgehead atoms. The molecule has 2 aliphatic heterocycles. The number of halogens is 1. The van der Waals surface area contributed by atoms with Crippen molar-refractivity contribution in [3.8, 4) is 0 Å². The third-order valence-corrected chi connectivity index (χ3v) is 3.40. The van der Waals surface area contributed by atoms with Crippen LogP contribution in [0.2, 0.25) is 0 Å². The lowest BCUT2D eigenvalue weighted by Gasteiger charge is -2.14. The standard InChI is InChI=1S/C10H13BrN4/c11-7-3-1-6(2-4-7)8-14-9-10(15-8)13-5-12-9/h1-4,8-10,12-15H,5H2. The maximum atomic E-state index is 3.49. The first kappa shape index (κ1) is 9.74. The van der Waals surface area contributed by atoms with Crippen LogP contribution in [0.4, 0.5) is 0 Å². The molecule has 2 aliphatic rings. The maximum Gasteiger partial charge on any atom is 0.0891 e. The van der Waals surface area contributed by atoms with Crippen molar-refractivity contribution >= 4 is 15.9 Å². The molecule has 5 heteroatoms. The van der Waals surface area contributed by atoms with Gasteiger partial charge in [0.05, 0.1) is 18.5 Å². The third-order valence-electron chi connectivity index (χ3n) is 2.87. The summed E-state index contributed by atoms with van der Waals surface area (Å²) in [5.41, 5.74) is 1.26. The lowest BCUT2D eigenvalue weighted by molar-refractivity contribution is 0.491. The van der Waals surface area contributed by atoms with Gasteiger partial charge in [-0.3, -0.25) is 21.3 Å². The van der Waals surface area contributed by atoms with Gasteiger partial charge in [0.25, 0.3) is 0 Å². The summed E-state index contributed by atoms with van der Waals surface area (Å²) in [5, 5.41) is 13.6. The van der Waals surface area contributed by atoms with E-state index in [1.807, 2.05) is 0 Å². The summed E-state index contributed by atoms with van der Waals surface area (Å²) >= 11 is 3.44. The highest BCUT2D eigenvalue weighted by Crippen LogP contribution is 2.20. The molecule has 0 aromatic heterocycles. The smallest absolute Gasteiger partial charge is 0.0891 e. The van der Waals surface area contributed by atoms with Gasteiger partial charge in [-0.25, -0.2) is 0 Å². The minimum atomic E-state index is 0.230. The molecule has 2 heterocycles. The summed E-state index contributed by atoms with van der Waals surface area (Å²) in [7, 11) is 0. The Bertz CT molecular complexity index is 341. The highest BCUT2D eigenvalue weighted by Gasteiger charge is 2.36. The van der Waals surface area contributed by atoms with Crippen LogP contribution in [0.3, 0.4) is 0 Å². The van der Waals surface area contributed by atoms with Crippen LogP contribution in [0.25, 0.3) is 0 Å². The summed E-state index contributed by atoms with van der Waals surface area (Å²) < 4.78 is 1.11. The van der Waals surface area contributed by atoms with Crippen LogP contribution in [-0.4, -0.2) is 19.0 Å². The van der Waals surface area contributed by atoms with E-state index < -0.39 is 0 Å². The second kappa shape index (κ2) is 3.84. The number of hydrogen-bond acceptors (Lipinski definition) is 4. The molecule has 0 amide bonds. The Morgan fingerprint density at radius 2 is 1.60 bits per heavy atom. The van der Waals surface area contributed by atoms with E-state index in [1.54, 1.807) is 0 Å². The highest BCUT2D eigenvalue weighted by molar-refractivity contribution is 9.10. The van der Waals surface area contributed by atoms with Crippen molar-refractivity contribution < 1.29 is 0 Å². The Hall–Kier alpha value is -0.460. The first-order chi connectivity index (χ1) is 7.33. The summed E-state index contributed by atoms with van der Waals surface area (Å²) in [4.78, 5) is 0. The minimum absolute atomic E-state index is 0.230. The number of fused-ring (bicyclic) bond motifs is 1. The molecular weight excluding hydrogens is 256 g/mol. The van der Waals surface area contributed by atoms with Gasteiger partial charge in [0.2, 0.25) is 0 Å². The Labute approximate surface area is 96.9 Å². The molecule has 15 heavy (non-hydrogen) atoms. The fraction of sp³-hybridized carbons (Fsp3) is 0.400. The molecular formula is C10H13BrN4. The molecule has 1 aromatic carbocycles. The second-order valence-corrected chi connectivity index (χ2v) is 4.77. The molecule has 2 unspecified atom stereocenters. The van der Waals surface area contributed by atoms with Gasteiger partial charge >= 0.3 is 0 Å². The Morgan fingerprint density at radius 3 is 2.20 bits per heavy atom. The number of nitrogens with one attached hydrogen (secondary N) is 4. The van der Waals surface area contributed by atoms with E-state index in [0.717, 1.165) is 11.1 Å². The Balaban J connectivity index is 1.76. The molecule has 0 radical (unpaired) electrons. The van der Waals surface area contributed by atoms with Gasteiger partial charge in [-0.15, -0.1) is 0 Å². The van der Waals surface area contributed by atoms with Crippen molar-refractivity contribution in [2.75, 3.05) is 6.67 Å². The largest absolute Gasteiger partial charge is 0.287 e. The van der Waals surface area contributed by atoms with E-state index in [9.17, 15) is 0 Å². The van der Waals surface area contributed by atoms with E-state index in [1.165, 1.54) is 5.56 Å². The van der Waals surface area contributed by atoms with Crippen molar-refractivity contribution in [2.24, 2.45) is 0 Å². The molecule has 0 spiro atoms. The lowest BCUT2D eigenvalue weighted by Crippen LogP contribution is -2.39. The van der Waals surface area contributed by atoms with E-state index >= 15 is 0 Å². The number of rotatable bonds is 1. The quantitative estimate of drug-likeness (QED) is 0.597. The summed E-state index contributed by atoms with van der Waals surface area (Å²) in [5.74, 6) is 0. The Kier molecular flexibility index (Phi) is 2.50. The van der Waals surface area contributed by atoms with Gasteiger partial charge in [0.1, 0.15) is 0 Å². The lowest BCUT2D eigenvalue weighted by atomic mass is 10.2. The van der Waals surface area contributed by atoms with Crippen LogP contribution in [0.1, 0.15) is 11.7 Å². The van der Waals surface area contributed by atoms with Crippen molar-refractivity contribution in [1.82, 2.24) is 21.3 Å². The van der Waals surface area contributed by atoms with E-state index in [0.29, 0.717) is 12.3 Å². The first-order valence-electron chi connectivity index (χ1n) is 5.07. The summed E-state index contributed by atoms with van der Waals surface area (Å²) in [6.07, 6.45) is 0.894. The van der Waals surface area contributed by atoms with Crippen LogP contribution in [0.15, 0.2) is 28.7 Å². The second-order valence-electron chi connectivity index (χ2n) is 3.86. The molecule has 1 aromatic rings. The molecule has 4 nitrogen and oxygen atoms in total. The van der Waals surface area contributed by atoms with Gasteiger partial charge in [-0.1, -0.05) is 28.1 Å². The fourth-order valence-corrected chi connectivity index (χ4v) is 2.34. The predicted octanol–water partition coefficient (Wildman–Crippen LogP) is 0.443.